The molecule has 2 unspecified atom stereocenters. The van der Waals surface area contributed by atoms with E-state index in [4.69, 9.17) is 10.5 Å². The molecule has 1 saturated heterocycles. The van der Waals surface area contributed by atoms with Crippen molar-refractivity contribution in [3.8, 4) is 0 Å². The van der Waals surface area contributed by atoms with E-state index in [1.807, 2.05) is 6.92 Å². The molecular weight excluding hydrogens is 236 g/mol. The van der Waals surface area contributed by atoms with Gasteiger partial charge in [-0.05, 0) is 37.8 Å². The number of hydrogen-bond donors (Lipinski definition) is 1. The first-order valence-corrected chi connectivity index (χ1v) is 7.42. The predicted molar refractivity (Wildman–Crippen MR) is 79.3 cm³/mol. The van der Waals surface area contributed by atoms with Gasteiger partial charge < -0.3 is 15.4 Å². The molecule has 3 heteroatoms. The van der Waals surface area contributed by atoms with Gasteiger partial charge in [0.25, 0.3) is 0 Å². The lowest BCUT2D eigenvalue weighted by Gasteiger charge is -2.20. The molecule has 1 aliphatic rings. The molecular formula is C16H26N2O. The van der Waals surface area contributed by atoms with Gasteiger partial charge in [-0.3, -0.25) is 0 Å². The van der Waals surface area contributed by atoms with Crippen LogP contribution in [-0.4, -0.2) is 43.8 Å². The molecule has 0 radical (unpaired) electrons. The van der Waals surface area contributed by atoms with Crippen LogP contribution in [0.3, 0.4) is 0 Å². The molecule has 2 rings (SSSR count). The molecule has 0 saturated carbocycles. The molecule has 2 atom stereocenters. The number of benzene rings is 1. The Labute approximate surface area is 116 Å². The van der Waals surface area contributed by atoms with Crippen molar-refractivity contribution < 1.29 is 4.74 Å². The van der Waals surface area contributed by atoms with Gasteiger partial charge in [-0.15, -0.1) is 0 Å². The van der Waals surface area contributed by atoms with E-state index in [9.17, 15) is 0 Å². The van der Waals surface area contributed by atoms with Crippen LogP contribution in [0.1, 0.15) is 31.2 Å². The highest BCUT2D eigenvalue weighted by Gasteiger charge is 2.23. The number of ether oxygens (including phenoxy) is 1. The van der Waals surface area contributed by atoms with Crippen LogP contribution in [0.4, 0.5) is 0 Å². The third-order valence-corrected chi connectivity index (χ3v) is 3.98. The van der Waals surface area contributed by atoms with E-state index in [0.717, 1.165) is 19.6 Å². The molecule has 1 aromatic rings. The van der Waals surface area contributed by atoms with E-state index in [2.05, 4.69) is 35.2 Å². The minimum Gasteiger partial charge on any atom is -0.377 e. The van der Waals surface area contributed by atoms with Gasteiger partial charge >= 0.3 is 0 Å². The van der Waals surface area contributed by atoms with E-state index >= 15 is 0 Å². The zero-order valence-corrected chi connectivity index (χ0v) is 11.9. The summed E-state index contributed by atoms with van der Waals surface area (Å²) < 4.78 is 5.61. The Hall–Kier alpha value is -0.900. The summed E-state index contributed by atoms with van der Waals surface area (Å²) in [6, 6.07) is 10.9. The fraction of sp³-hybridized carbons (Fsp3) is 0.625. The second-order valence-electron chi connectivity index (χ2n) is 5.30. The average Bonchev–Trinajstić information content (AvgIpc) is 2.93. The maximum Gasteiger partial charge on any atom is 0.0709 e. The Balaban J connectivity index is 1.76. The number of rotatable bonds is 7. The van der Waals surface area contributed by atoms with Gasteiger partial charge in [0.1, 0.15) is 0 Å². The lowest BCUT2D eigenvalue weighted by molar-refractivity contribution is 0.0561. The van der Waals surface area contributed by atoms with Crippen LogP contribution < -0.4 is 5.73 Å². The minimum atomic E-state index is 0.223. The zero-order chi connectivity index (χ0) is 13.5. The summed E-state index contributed by atoms with van der Waals surface area (Å²) in [7, 11) is 0. The topological polar surface area (TPSA) is 38.5 Å². The van der Waals surface area contributed by atoms with E-state index in [-0.39, 0.29) is 6.10 Å². The first kappa shape index (κ1) is 14.5. The highest BCUT2D eigenvalue weighted by Crippen LogP contribution is 2.26. The Bertz CT molecular complexity index is 355. The lowest BCUT2D eigenvalue weighted by Crippen LogP contribution is -2.30. The van der Waals surface area contributed by atoms with Crippen molar-refractivity contribution in [3.05, 3.63) is 35.9 Å². The summed E-state index contributed by atoms with van der Waals surface area (Å²) in [5.41, 5.74) is 7.20. The van der Waals surface area contributed by atoms with Gasteiger partial charge in [-0.25, -0.2) is 0 Å². The molecule has 0 amide bonds. The molecule has 3 nitrogen and oxygen atoms in total. The van der Waals surface area contributed by atoms with Crippen molar-refractivity contribution in [2.75, 3.05) is 32.8 Å². The summed E-state index contributed by atoms with van der Waals surface area (Å²) in [5, 5.41) is 0. The van der Waals surface area contributed by atoms with E-state index in [1.165, 1.54) is 25.1 Å². The molecule has 1 aliphatic heterocycles. The number of hydrogen-bond acceptors (Lipinski definition) is 3. The van der Waals surface area contributed by atoms with E-state index in [1.54, 1.807) is 0 Å². The first-order valence-electron chi connectivity index (χ1n) is 7.42. The molecule has 2 N–H and O–H groups in total. The Morgan fingerprint density at radius 1 is 1.37 bits per heavy atom. The van der Waals surface area contributed by atoms with Gasteiger partial charge in [-0.2, -0.15) is 0 Å². The monoisotopic (exact) mass is 262 g/mol. The van der Waals surface area contributed by atoms with Crippen molar-refractivity contribution in [3.63, 3.8) is 0 Å². The molecule has 0 aromatic heterocycles. The van der Waals surface area contributed by atoms with Gasteiger partial charge in [0, 0.05) is 26.2 Å². The van der Waals surface area contributed by atoms with Crippen LogP contribution in [-0.2, 0) is 4.74 Å². The van der Waals surface area contributed by atoms with Gasteiger partial charge in [0.15, 0.2) is 0 Å². The van der Waals surface area contributed by atoms with Crippen molar-refractivity contribution in [1.82, 2.24) is 4.90 Å². The minimum absolute atomic E-state index is 0.223. The van der Waals surface area contributed by atoms with Crippen LogP contribution in [0.25, 0.3) is 0 Å². The lowest BCUT2D eigenvalue weighted by atomic mass is 9.99. The molecule has 1 fully saturated rings. The largest absolute Gasteiger partial charge is 0.377 e. The Morgan fingerprint density at radius 3 is 2.84 bits per heavy atom. The smallest absolute Gasteiger partial charge is 0.0709 e. The fourth-order valence-corrected chi connectivity index (χ4v) is 2.86. The van der Waals surface area contributed by atoms with Gasteiger partial charge in [0.05, 0.1) is 6.10 Å². The number of nitrogens with zero attached hydrogens (tertiary/aromatic N) is 1. The zero-order valence-electron chi connectivity index (χ0n) is 11.9. The second kappa shape index (κ2) is 7.63. The summed E-state index contributed by atoms with van der Waals surface area (Å²) in [4.78, 5) is 2.54. The Morgan fingerprint density at radius 2 is 2.16 bits per heavy atom. The standard InChI is InChI=1S/C16H26N2O/c1-2-19-16(12-17)9-11-18-10-8-15(13-18)14-6-4-3-5-7-14/h3-7,15-16H,2,8-13,17H2,1H3. The average molecular weight is 262 g/mol. The maximum absolute atomic E-state index is 5.72. The Kier molecular flexibility index (Phi) is 5.83. The highest BCUT2D eigenvalue weighted by molar-refractivity contribution is 5.20. The van der Waals surface area contributed by atoms with Crippen molar-refractivity contribution >= 4 is 0 Å². The molecule has 106 valence electrons. The second-order valence-corrected chi connectivity index (χ2v) is 5.30. The van der Waals surface area contributed by atoms with Crippen LogP contribution in [0.5, 0.6) is 0 Å². The van der Waals surface area contributed by atoms with E-state index < -0.39 is 0 Å². The summed E-state index contributed by atoms with van der Waals surface area (Å²) in [5.74, 6) is 0.699. The van der Waals surface area contributed by atoms with Crippen molar-refractivity contribution in [1.29, 1.82) is 0 Å². The summed E-state index contributed by atoms with van der Waals surface area (Å²) in [6.45, 7) is 6.89. The van der Waals surface area contributed by atoms with Crippen LogP contribution >= 0.6 is 0 Å². The third kappa shape index (κ3) is 4.30. The normalized spacial score (nSPS) is 21.7. The number of likely N-dealkylation sites (tertiary alicyclic amines) is 1. The summed E-state index contributed by atoms with van der Waals surface area (Å²) >= 11 is 0. The quantitative estimate of drug-likeness (QED) is 0.819. The summed E-state index contributed by atoms with van der Waals surface area (Å²) in [6.07, 6.45) is 2.54. The van der Waals surface area contributed by atoms with Crippen molar-refractivity contribution in [2.45, 2.75) is 31.8 Å². The van der Waals surface area contributed by atoms with Crippen molar-refractivity contribution in [2.24, 2.45) is 5.73 Å². The molecule has 0 bridgehead atoms. The molecule has 0 aliphatic carbocycles. The molecule has 19 heavy (non-hydrogen) atoms. The van der Waals surface area contributed by atoms with Crippen LogP contribution in [0.15, 0.2) is 30.3 Å². The highest BCUT2D eigenvalue weighted by atomic mass is 16.5. The van der Waals surface area contributed by atoms with Crippen LogP contribution in [0.2, 0.25) is 0 Å². The van der Waals surface area contributed by atoms with Crippen LogP contribution in [0, 0.1) is 0 Å². The third-order valence-electron chi connectivity index (χ3n) is 3.98. The van der Waals surface area contributed by atoms with Gasteiger partial charge in [0.2, 0.25) is 0 Å². The molecule has 1 aromatic carbocycles. The molecule has 0 spiro atoms. The maximum atomic E-state index is 5.72. The number of nitrogens with two attached hydrogens (primary N) is 1. The predicted octanol–water partition coefficient (Wildman–Crippen LogP) is 2.23. The van der Waals surface area contributed by atoms with E-state index in [0.29, 0.717) is 12.5 Å². The van der Waals surface area contributed by atoms with Gasteiger partial charge in [-0.1, -0.05) is 30.3 Å². The SMILES string of the molecule is CCOC(CN)CCN1CCC(c2ccccc2)C1. The fourth-order valence-electron chi connectivity index (χ4n) is 2.86. The molecule has 1 heterocycles. The first-order chi connectivity index (χ1) is 9.33.